The highest BCUT2D eigenvalue weighted by Crippen LogP contribution is 2.36. The lowest BCUT2D eigenvalue weighted by Crippen LogP contribution is -2.41. The molecule has 122 valence electrons. The largest absolute Gasteiger partial charge is 0.480 e. The molecule has 1 aromatic carbocycles. The predicted octanol–water partition coefficient (Wildman–Crippen LogP) is 2.72. The van der Waals surface area contributed by atoms with Crippen molar-refractivity contribution in [3.63, 3.8) is 0 Å². The van der Waals surface area contributed by atoms with Crippen LogP contribution in [0.4, 0.5) is 26.3 Å². The Morgan fingerprint density at radius 3 is 2.18 bits per heavy atom. The summed E-state index contributed by atoms with van der Waals surface area (Å²) in [6.07, 6.45) is -5.77. The summed E-state index contributed by atoms with van der Waals surface area (Å²) in [5.41, 5.74) is -4.23. The molecule has 1 rings (SSSR count). The van der Waals surface area contributed by atoms with E-state index in [1.807, 2.05) is 0 Å². The molecule has 1 unspecified atom stereocenters. The summed E-state index contributed by atoms with van der Waals surface area (Å²) in [5, 5.41) is 10.3. The van der Waals surface area contributed by atoms with E-state index >= 15 is 0 Å². The molecule has 0 aliphatic rings. The SMILES string of the molecule is CCC(NC(=O)c1c(F)cc(F)c(F)c1C(F)(F)F)C(=O)O. The van der Waals surface area contributed by atoms with Crippen molar-refractivity contribution in [1.29, 1.82) is 0 Å². The van der Waals surface area contributed by atoms with Gasteiger partial charge in [-0.3, -0.25) is 4.79 Å². The van der Waals surface area contributed by atoms with Crippen LogP contribution >= 0.6 is 0 Å². The average Bonchev–Trinajstić information content (AvgIpc) is 2.37. The van der Waals surface area contributed by atoms with E-state index in [1.54, 1.807) is 5.32 Å². The van der Waals surface area contributed by atoms with Crippen LogP contribution in [0.3, 0.4) is 0 Å². The third-order valence-corrected chi connectivity index (χ3v) is 2.69. The normalized spacial score (nSPS) is 12.9. The van der Waals surface area contributed by atoms with E-state index in [1.165, 1.54) is 6.92 Å². The van der Waals surface area contributed by atoms with Gasteiger partial charge in [0.05, 0.1) is 5.56 Å². The Balaban J connectivity index is 3.44. The molecule has 0 radical (unpaired) electrons. The fourth-order valence-corrected chi connectivity index (χ4v) is 1.65. The lowest BCUT2D eigenvalue weighted by Gasteiger charge is -2.17. The minimum absolute atomic E-state index is 0.215. The molecule has 0 aliphatic carbocycles. The van der Waals surface area contributed by atoms with Crippen LogP contribution in [-0.4, -0.2) is 23.0 Å². The van der Waals surface area contributed by atoms with Gasteiger partial charge < -0.3 is 10.4 Å². The van der Waals surface area contributed by atoms with E-state index in [2.05, 4.69) is 0 Å². The molecular formula is C12H9F6NO3. The Morgan fingerprint density at radius 2 is 1.77 bits per heavy atom. The maximum atomic E-state index is 13.5. The molecule has 0 spiro atoms. The smallest absolute Gasteiger partial charge is 0.420 e. The summed E-state index contributed by atoms with van der Waals surface area (Å²) in [5.74, 6) is -9.90. The molecule has 2 N–H and O–H groups in total. The predicted molar refractivity (Wildman–Crippen MR) is 60.5 cm³/mol. The van der Waals surface area contributed by atoms with Crippen LogP contribution in [0.2, 0.25) is 0 Å². The van der Waals surface area contributed by atoms with Crippen LogP contribution in [-0.2, 0) is 11.0 Å². The number of nitrogens with one attached hydrogen (secondary N) is 1. The quantitative estimate of drug-likeness (QED) is 0.659. The standard InChI is InChI=1S/C12H9F6NO3/c1-2-6(11(21)22)19-10(20)7-4(13)3-5(14)9(15)8(7)12(16,17)18/h3,6H,2H2,1H3,(H,19,20)(H,21,22). The molecule has 0 bridgehead atoms. The first-order valence-electron chi connectivity index (χ1n) is 5.79. The van der Waals surface area contributed by atoms with Gasteiger partial charge in [0, 0.05) is 6.07 Å². The van der Waals surface area contributed by atoms with Gasteiger partial charge in [0.2, 0.25) is 0 Å². The van der Waals surface area contributed by atoms with Crippen molar-refractivity contribution in [2.24, 2.45) is 0 Å². The molecule has 1 amide bonds. The second-order valence-corrected chi connectivity index (χ2v) is 4.17. The molecule has 0 saturated heterocycles. The number of halogens is 6. The Kier molecular flexibility index (Phi) is 5.05. The summed E-state index contributed by atoms with van der Waals surface area (Å²) in [6, 6.07) is -1.83. The number of hydrogen-bond donors (Lipinski definition) is 2. The van der Waals surface area contributed by atoms with Gasteiger partial charge in [0.25, 0.3) is 5.91 Å². The summed E-state index contributed by atoms with van der Waals surface area (Å²) in [7, 11) is 0. The first-order chi connectivity index (χ1) is 10.0. The maximum Gasteiger partial charge on any atom is 0.420 e. The molecule has 1 atom stereocenters. The second kappa shape index (κ2) is 6.24. The van der Waals surface area contributed by atoms with E-state index < -0.39 is 52.7 Å². The third kappa shape index (κ3) is 3.49. The zero-order valence-corrected chi connectivity index (χ0v) is 10.9. The molecule has 0 aliphatic heterocycles. The number of rotatable bonds is 4. The van der Waals surface area contributed by atoms with Crippen LogP contribution in [0.15, 0.2) is 6.07 Å². The first-order valence-corrected chi connectivity index (χ1v) is 5.79. The minimum Gasteiger partial charge on any atom is -0.480 e. The van der Waals surface area contributed by atoms with Crippen LogP contribution < -0.4 is 5.32 Å². The number of benzene rings is 1. The lowest BCUT2D eigenvalue weighted by molar-refractivity contribution is -0.140. The maximum absolute atomic E-state index is 13.5. The van der Waals surface area contributed by atoms with E-state index in [9.17, 15) is 35.9 Å². The Morgan fingerprint density at radius 1 is 1.23 bits per heavy atom. The number of carboxylic acids is 1. The van der Waals surface area contributed by atoms with E-state index in [-0.39, 0.29) is 12.5 Å². The molecular weight excluding hydrogens is 320 g/mol. The minimum atomic E-state index is -5.55. The van der Waals surface area contributed by atoms with Gasteiger partial charge in [-0.2, -0.15) is 13.2 Å². The number of carbonyl (C=O) groups is 2. The Hall–Kier alpha value is -2.26. The number of amides is 1. The Bertz CT molecular complexity index is 614. The van der Waals surface area contributed by atoms with Crippen LogP contribution in [0, 0.1) is 17.5 Å². The lowest BCUT2D eigenvalue weighted by atomic mass is 10.0. The molecule has 0 heterocycles. The number of carboxylic acid groups (broad SMARTS) is 1. The zero-order chi connectivity index (χ0) is 17.2. The van der Waals surface area contributed by atoms with Crippen LogP contribution in [0.25, 0.3) is 0 Å². The fourth-order valence-electron chi connectivity index (χ4n) is 1.65. The van der Waals surface area contributed by atoms with Crippen molar-refractivity contribution >= 4 is 11.9 Å². The first kappa shape index (κ1) is 17.8. The molecule has 22 heavy (non-hydrogen) atoms. The topological polar surface area (TPSA) is 66.4 Å². The fraction of sp³-hybridized carbons (Fsp3) is 0.333. The van der Waals surface area contributed by atoms with E-state index in [0.717, 1.165) is 0 Å². The van der Waals surface area contributed by atoms with Crippen molar-refractivity contribution in [2.45, 2.75) is 25.6 Å². The van der Waals surface area contributed by atoms with Crippen molar-refractivity contribution < 1.29 is 41.0 Å². The van der Waals surface area contributed by atoms with Crippen molar-refractivity contribution in [1.82, 2.24) is 5.32 Å². The van der Waals surface area contributed by atoms with E-state index in [4.69, 9.17) is 5.11 Å². The van der Waals surface area contributed by atoms with Gasteiger partial charge >= 0.3 is 12.1 Å². The van der Waals surface area contributed by atoms with Crippen LogP contribution in [0.1, 0.15) is 29.3 Å². The van der Waals surface area contributed by atoms with Gasteiger partial charge in [-0.15, -0.1) is 0 Å². The summed E-state index contributed by atoms with van der Waals surface area (Å²) >= 11 is 0. The molecule has 1 aromatic rings. The number of hydrogen-bond acceptors (Lipinski definition) is 2. The highest BCUT2D eigenvalue weighted by molar-refractivity contribution is 5.98. The highest BCUT2D eigenvalue weighted by atomic mass is 19.4. The molecule has 0 fully saturated rings. The summed E-state index contributed by atoms with van der Waals surface area (Å²) in [4.78, 5) is 22.4. The molecule has 10 heteroatoms. The van der Waals surface area contributed by atoms with Crippen molar-refractivity contribution in [3.05, 3.63) is 34.6 Å². The van der Waals surface area contributed by atoms with Crippen molar-refractivity contribution in [3.8, 4) is 0 Å². The number of carbonyl (C=O) groups excluding carboxylic acids is 1. The Labute approximate surface area is 119 Å². The van der Waals surface area contributed by atoms with Gasteiger partial charge in [-0.1, -0.05) is 6.92 Å². The third-order valence-electron chi connectivity index (χ3n) is 2.69. The van der Waals surface area contributed by atoms with Crippen LogP contribution in [0.5, 0.6) is 0 Å². The molecule has 0 aromatic heterocycles. The van der Waals surface area contributed by atoms with Gasteiger partial charge in [0.15, 0.2) is 11.6 Å². The molecule has 0 saturated carbocycles. The number of aliphatic carboxylic acids is 1. The number of alkyl halides is 3. The average molecular weight is 329 g/mol. The summed E-state index contributed by atoms with van der Waals surface area (Å²) < 4.78 is 78.0. The molecule has 4 nitrogen and oxygen atoms in total. The van der Waals surface area contributed by atoms with Gasteiger partial charge in [-0.05, 0) is 6.42 Å². The van der Waals surface area contributed by atoms with Gasteiger partial charge in [-0.25, -0.2) is 18.0 Å². The van der Waals surface area contributed by atoms with Crippen molar-refractivity contribution in [2.75, 3.05) is 0 Å². The monoisotopic (exact) mass is 329 g/mol. The van der Waals surface area contributed by atoms with Gasteiger partial charge in [0.1, 0.15) is 17.4 Å². The second-order valence-electron chi connectivity index (χ2n) is 4.17. The summed E-state index contributed by atoms with van der Waals surface area (Å²) in [6.45, 7) is 1.30. The van der Waals surface area contributed by atoms with E-state index in [0.29, 0.717) is 0 Å². The zero-order valence-electron chi connectivity index (χ0n) is 10.9. The highest BCUT2D eigenvalue weighted by Gasteiger charge is 2.42.